The Balaban J connectivity index is 1.20. The first-order valence-corrected chi connectivity index (χ1v) is 13.9. The van der Waals surface area contributed by atoms with Crippen molar-refractivity contribution in [1.29, 1.82) is 0 Å². The van der Waals surface area contributed by atoms with Gasteiger partial charge in [0.05, 0.1) is 6.54 Å². The Kier molecular flexibility index (Phi) is 8.92. The Hall–Kier alpha value is -4.98. The highest BCUT2D eigenvalue weighted by Gasteiger charge is 2.34. The molecule has 0 heterocycles. The van der Waals surface area contributed by atoms with E-state index in [9.17, 15) is 23.9 Å². The monoisotopic (exact) mass is 566 g/mol. The van der Waals surface area contributed by atoms with E-state index in [1.165, 1.54) is 12.1 Å². The van der Waals surface area contributed by atoms with Crippen molar-refractivity contribution in [1.82, 2.24) is 0 Å². The van der Waals surface area contributed by atoms with Crippen molar-refractivity contribution in [3.8, 4) is 5.75 Å². The minimum absolute atomic E-state index is 0.00792. The van der Waals surface area contributed by atoms with Crippen molar-refractivity contribution in [3.05, 3.63) is 126 Å². The molecule has 7 nitrogen and oxygen atoms in total. The summed E-state index contributed by atoms with van der Waals surface area (Å²) in [6, 6.07) is 27.7. The molecule has 4 aromatic rings. The van der Waals surface area contributed by atoms with Crippen LogP contribution in [0.2, 0.25) is 0 Å². The Morgan fingerprint density at radius 2 is 1.55 bits per heavy atom. The van der Waals surface area contributed by atoms with Crippen LogP contribution in [0.3, 0.4) is 0 Å². The number of carboxylic acids is 1. The lowest BCUT2D eigenvalue weighted by Crippen LogP contribution is -2.35. The number of anilines is 2. The van der Waals surface area contributed by atoms with E-state index in [2.05, 4.69) is 5.32 Å². The van der Waals surface area contributed by atoms with Gasteiger partial charge in [0.1, 0.15) is 24.2 Å². The van der Waals surface area contributed by atoms with Crippen molar-refractivity contribution in [3.63, 3.8) is 0 Å². The minimum Gasteiger partial charge on any atom is -0.492 e. The third-order valence-corrected chi connectivity index (χ3v) is 7.11. The number of nitrogens with zero attached hydrogens (tertiary/aromatic N) is 1. The summed E-state index contributed by atoms with van der Waals surface area (Å²) in [7, 11) is 0. The van der Waals surface area contributed by atoms with E-state index >= 15 is 0 Å². The Bertz CT molecular complexity index is 1540. The van der Waals surface area contributed by atoms with E-state index in [0.29, 0.717) is 34.8 Å². The highest BCUT2D eigenvalue weighted by Crippen LogP contribution is 2.33. The van der Waals surface area contributed by atoms with Crippen LogP contribution in [0.1, 0.15) is 34.3 Å². The van der Waals surface area contributed by atoms with Gasteiger partial charge in [-0.2, -0.15) is 0 Å². The SMILES string of the molecule is O=C(c1ccccc1)c1ccccc1NC(Cc1ccc(OCCN(C(=O)C2CC2)c2ccc(F)cc2)cc1)C(=O)O. The lowest BCUT2D eigenvalue weighted by Gasteiger charge is -2.23. The van der Waals surface area contributed by atoms with Crippen LogP contribution in [0.25, 0.3) is 0 Å². The smallest absolute Gasteiger partial charge is 0.326 e. The van der Waals surface area contributed by atoms with Crippen molar-refractivity contribution in [2.45, 2.75) is 25.3 Å². The van der Waals surface area contributed by atoms with E-state index in [4.69, 9.17) is 4.74 Å². The third-order valence-electron chi connectivity index (χ3n) is 7.11. The fraction of sp³-hybridized carbons (Fsp3) is 0.206. The zero-order valence-electron chi connectivity index (χ0n) is 22.9. The zero-order chi connectivity index (χ0) is 29.5. The lowest BCUT2D eigenvalue weighted by molar-refractivity contribution is -0.137. The molecule has 5 rings (SSSR count). The van der Waals surface area contributed by atoms with Gasteiger partial charge >= 0.3 is 5.97 Å². The molecule has 0 aliphatic heterocycles. The van der Waals surface area contributed by atoms with Gasteiger partial charge in [0, 0.05) is 34.8 Å². The zero-order valence-corrected chi connectivity index (χ0v) is 22.9. The number of hydrogen-bond acceptors (Lipinski definition) is 5. The molecule has 1 atom stereocenters. The summed E-state index contributed by atoms with van der Waals surface area (Å²) in [6.07, 6.45) is 1.90. The molecular formula is C34H31FN2O5. The molecule has 0 radical (unpaired) electrons. The molecule has 1 unspecified atom stereocenters. The maximum Gasteiger partial charge on any atom is 0.326 e. The Morgan fingerprint density at radius 3 is 2.21 bits per heavy atom. The summed E-state index contributed by atoms with van der Waals surface area (Å²) < 4.78 is 19.3. The van der Waals surface area contributed by atoms with Gasteiger partial charge in [-0.1, -0.05) is 54.6 Å². The number of rotatable bonds is 13. The average Bonchev–Trinajstić information content (AvgIpc) is 3.86. The number of ether oxygens (including phenoxy) is 1. The number of aliphatic carboxylic acids is 1. The number of carboxylic acid groups (broad SMARTS) is 1. The molecule has 1 amide bonds. The molecule has 2 N–H and O–H groups in total. The predicted octanol–water partition coefficient (Wildman–Crippen LogP) is 5.99. The lowest BCUT2D eigenvalue weighted by atomic mass is 10.00. The molecule has 8 heteroatoms. The summed E-state index contributed by atoms with van der Waals surface area (Å²) in [4.78, 5) is 39.7. The molecule has 0 saturated heterocycles. The van der Waals surface area contributed by atoms with Crippen LogP contribution in [0.5, 0.6) is 5.75 Å². The second-order valence-electron chi connectivity index (χ2n) is 10.2. The number of amides is 1. The van der Waals surface area contributed by atoms with Crippen LogP contribution >= 0.6 is 0 Å². The number of benzene rings is 4. The molecule has 1 fully saturated rings. The standard InChI is InChI=1S/C34H31FN2O5/c35-26-14-16-27(17-15-26)37(33(39)25-12-13-25)20-21-42-28-18-10-23(11-19-28)22-31(34(40)41)36-30-9-5-4-8-29(30)32(38)24-6-2-1-3-7-24/h1-11,14-19,25,31,36H,12-13,20-22H2,(H,40,41). The minimum atomic E-state index is -1.04. The topological polar surface area (TPSA) is 95.9 Å². The van der Waals surface area contributed by atoms with Gasteiger partial charge < -0.3 is 20.1 Å². The molecule has 1 aliphatic carbocycles. The van der Waals surface area contributed by atoms with Crippen LogP contribution in [-0.2, 0) is 16.0 Å². The molecule has 214 valence electrons. The summed E-state index contributed by atoms with van der Waals surface area (Å²) in [5, 5.41) is 13.0. The predicted molar refractivity (Wildman–Crippen MR) is 158 cm³/mol. The van der Waals surface area contributed by atoms with Crippen LogP contribution in [-0.4, -0.2) is 42.0 Å². The summed E-state index contributed by atoms with van der Waals surface area (Å²) in [6.45, 7) is 0.551. The maximum absolute atomic E-state index is 13.4. The highest BCUT2D eigenvalue weighted by molar-refractivity contribution is 6.12. The van der Waals surface area contributed by atoms with Gasteiger partial charge in [-0.15, -0.1) is 0 Å². The first-order valence-electron chi connectivity index (χ1n) is 13.9. The van der Waals surface area contributed by atoms with E-state index < -0.39 is 12.0 Å². The number of carbonyl (C=O) groups is 3. The molecule has 1 saturated carbocycles. The van der Waals surface area contributed by atoms with E-state index in [0.717, 1.165) is 18.4 Å². The largest absolute Gasteiger partial charge is 0.492 e. The van der Waals surface area contributed by atoms with Crippen LogP contribution < -0.4 is 15.0 Å². The molecule has 4 aromatic carbocycles. The van der Waals surface area contributed by atoms with Gasteiger partial charge in [0.15, 0.2) is 5.78 Å². The van der Waals surface area contributed by atoms with E-state index in [1.807, 2.05) is 6.07 Å². The summed E-state index contributed by atoms with van der Waals surface area (Å²) >= 11 is 0. The first-order chi connectivity index (χ1) is 20.4. The quantitative estimate of drug-likeness (QED) is 0.193. The molecule has 42 heavy (non-hydrogen) atoms. The number of carbonyl (C=O) groups excluding carboxylic acids is 2. The normalized spacial score (nSPS) is 13.2. The van der Waals surface area contributed by atoms with Crippen LogP contribution in [0, 0.1) is 11.7 Å². The highest BCUT2D eigenvalue weighted by atomic mass is 19.1. The van der Waals surface area contributed by atoms with Gasteiger partial charge in [0.2, 0.25) is 5.91 Å². The first kappa shape index (κ1) is 28.5. The van der Waals surface area contributed by atoms with E-state index in [1.54, 1.807) is 89.8 Å². The fourth-order valence-electron chi connectivity index (χ4n) is 4.69. The number of hydrogen-bond donors (Lipinski definition) is 2. The maximum atomic E-state index is 13.4. The van der Waals surface area contributed by atoms with Crippen LogP contribution in [0.15, 0.2) is 103 Å². The second-order valence-corrected chi connectivity index (χ2v) is 10.2. The van der Waals surface area contributed by atoms with Crippen molar-refractivity contribution in [2.24, 2.45) is 5.92 Å². The molecule has 0 spiro atoms. The Labute approximate surface area is 243 Å². The van der Waals surface area contributed by atoms with Crippen LogP contribution in [0.4, 0.5) is 15.8 Å². The van der Waals surface area contributed by atoms with E-state index in [-0.39, 0.29) is 36.5 Å². The molecule has 0 aromatic heterocycles. The number of ketones is 1. The van der Waals surface area contributed by atoms with Gasteiger partial charge in [-0.3, -0.25) is 9.59 Å². The van der Waals surface area contributed by atoms with Crippen molar-refractivity contribution in [2.75, 3.05) is 23.4 Å². The number of halogens is 1. The number of nitrogens with one attached hydrogen (secondary N) is 1. The van der Waals surface area contributed by atoms with Crippen molar-refractivity contribution >= 4 is 29.0 Å². The average molecular weight is 567 g/mol. The molecule has 0 bridgehead atoms. The molecular weight excluding hydrogens is 535 g/mol. The van der Waals surface area contributed by atoms with Gasteiger partial charge in [-0.25, -0.2) is 9.18 Å². The Morgan fingerprint density at radius 1 is 0.881 bits per heavy atom. The van der Waals surface area contributed by atoms with Crippen molar-refractivity contribution < 1.29 is 28.6 Å². The summed E-state index contributed by atoms with van der Waals surface area (Å²) in [5.41, 5.74) is 2.77. The molecule has 1 aliphatic rings. The van der Waals surface area contributed by atoms with Gasteiger partial charge in [0.25, 0.3) is 0 Å². The van der Waals surface area contributed by atoms with Gasteiger partial charge in [-0.05, 0) is 66.9 Å². The second kappa shape index (κ2) is 13.1. The fourth-order valence-corrected chi connectivity index (χ4v) is 4.69. The number of para-hydroxylation sites is 1. The summed E-state index contributed by atoms with van der Waals surface area (Å²) in [5.74, 6) is -0.998. The third kappa shape index (κ3) is 7.20.